The van der Waals surface area contributed by atoms with Crippen molar-refractivity contribution in [2.45, 2.75) is 0 Å². The van der Waals surface area contributed by atoms with E-state index in [4.69, 9.17) is 0 Å². The highest BCUT2D eigenvalue weighted by atomic mass is 79.9. The van der Waals surface area contributed by atoms with Crippen LogP contribution < -0.4 is 9.80 Å². The van der Waals surface area contributed by atoms with Gasteiger partial charge in [0.2, 0.25) is 0 Å². The quantitative estimate of drug-likeness (QED) is 0.139. The lowest BCUT2D eigenvalue weighted by atomic mass is 10.1. The number of allylic oxidation sites excluding steroid dienone is 2. The van der Waals surface area contributed by atoms with Crippen LogP contribution in [0.2, 0.25) is 0 Å². The van der Waals surface area contributed by atoms with Gasteiger partial charge in [-0.15, -0.1) is 22.7 Å². The van der Waals surface area contributed by atoms with Gasteiger partial charge in [-0.05, 0) is 102 Å². The van der Waals surface area contributed by atoms with E-state index in [2.05, 4.69) is 31.9 Å². The van der Waals surface area contributed by atoms with Crippen molar-refractivity contribution >= 4 is 89.6 Å². The molecule has 0 aliphatic carbocycles. The summed E-state index contributed by atoms with van der Waals surface area (Å²) in [6, 6.07) is 19.9. The Bertz CT molecular complexity index is 1310. The highest BCUT2D eigenvalue weighted by Crippen LogP contribution is 2.25. The number of halogens is 2. The number of hydrogen-bond acceptors (Lipinski definition) is 6. The standard InChI is InChI=1S/2C15H14BrNOS/c2*1-17(2)12-6-3-11(4-7-12)5-8-14(18)15-13(16)9-10-19-15/h2*3-10H,1-2H3/b2*8-5+. The second-order valence-electron chi connectivity index (χ2n) is 8.56. The summed E-state index contributed by atoms with van der Waals surface area (Å²) in [7, 11) is 8.01. The highest BCUT2D eigenvalue weighted by molar-refractivity contribution is 9.11. The van der Waals surface area contributed by atoms with Crippen LogP contribution in [0, 0.1) is 0 Å². The number of rotatable bonds is 8. The van der Waals surface area contributed by atoms with Crippen molar-refractivity contribution in [3.05, 3.63) is 113 Å². The molecule has 0 N–H and O–H groups in total. The molecule has 0 aliphatic rings. The number of ketones is 2. The Morgan fingerprint density at radius 2 is 0.947 bits per heavy atom. The first-order chi connectivity index (χ1) is 18.2. The molecule has 0 saturated heterocycles. The highest BCUT2D eigenvalue weighted by Gasteiger charge is 2.08. The van der Waals surface area contributed by atoms with Crippen molar-refractivity contribution in [3.63, 3.8) is 0 Å². The van der Waals surface area contributed by atoms with Crippen LogP contribution in [-0.4, -0.2) is 39.8 Å². The van der Waals surface area contributed by atoms with Gasteiger partial charge in [-0.25, -0.2) is 0 Å². The number of thiophene rings is 2. The summed E-state index contributed by atoms with van der Waals surface area (Å²) in [4.78, 5) is 29.5. The van der Waals surface area contributed by atoms with E-state index >= 15 is 0 Å². The molecule has 0 radical (unpaired) electrons. The fourth-order valence-electron chi connectivity index (χ4n) is 3.20. The third-order valence-electron chi connectivity index (χ3n) is 5.36. The van der Waals surface area contributed by atoms with Crippen LogP contribution in [0.3, 0.4) is 0 Å². The van der Waals surface area contributed by atoms with E-state index in [-0.39, 0.29) is 11.6 Å². The van der Waals surface area contributed by atoms with E-state index in [1.807, 2.05) is 122 Å². The van der Waals surface area contributed by atoms with Gasteiger partial charge in [-0.1, -0.05) is 36.4 Å². The zero-order valence-corrected chi connectivity index (χ0v) is 26.3. The zero-order chi connectivity index (χ0) is 27.7. The molecule has 0 unspecified atom stereocenters. The lowest BCUT2D eigenvalue weighted by Crippen LogP contribution is -2.07. The summed E-state index contributed by atoms with van der Waals surface area (Å²) in [5, 5.41) is 3.80. The minimum absolute atomic E-state index is 0.0264. The Balaban J connectivity index is 0.000000211. The second-order valence-corrected chi connectivity index (χ2v) is 12.1. The van der Waals surface area contributed by atoms with Crippen LogP contribution in [0.5, 0.6) is 0 Å². The van der Waals surface area contributed by atoms with Crippen LogP contribution in [0.4, 0.5) is 11.4 Å². The van der Waals surface area contributed by atoms with E-state index in [1.54, 1.807) is 12.2 Å². The molecule has 4 nitrogen and oxygen atoms in total. The Morgan fingerprint density at radius 3 is 1.21 bits per heavy atom. The first-order valence-electron chi connectivity index (χ1n) is 11.6. The third-order valence-corrected chi connectivity index (χ3v) is 9.06. The summed E-state index contributed by atoms with van der Waals surface area (Å²) in [6.45, 7) is 0. The summed E-state index contributed by atoms with van der Waals surface area (Å²) >= 11 is 9.63. The first-order valence-corrected chi connectivity index (χ1v) is 15.0. The number of carbonyl (C=O) groups excluding carboxylic acids is 2. The molecular formula is C30H28Br2N2O2S2. The predicted octanol–water partition coefficient (Wildman–Crippen LogP) is 8.95. The second kappa shape index (κ2) is 14.4. The minimum atomic E-state index is 0.0264. The Kier molecular flexibility index (Phi) is 11.3. The summed E-state index contributed by atoms with van der Waals surface area (Å²) in [5.74, 6) is 0.0529. The maximum absolute atomic E-state index is 12.0. The van der Waals surface area contributed by atoms with Crippen molar-refractivity contribution in [2.75, 3.05) is 38.0 Å². The third kappa shape index (κ3) is 8.63. The van der Waals surface area contributed by atoms with E-state index in [0.29, 0.717) is 0 Å². The molecule has 196 valence electrons. The molecule has 0 spiro atoms. The Morgan fingerprint density at radius 1 is 0.605 bits per heavy atom. The molecule has 8 heteroatoms. The SMILES string of the molecule is CN(C)c1ccc(/C=C/C(=O)c2sccc2Br)cc1.CN(C)c1ccc(/C=C/C(=O)c2sccc2Br)cc1. The lowest BCUT2D eigenvalue weighted by molar-refractivity contribution is 0.104. The Hall–Kier alpha value is -2.78. The molecule has 4 rings (SSSR count). The molecule has 0 atom stereocenters. The predicted molar refractivity (Wildman–Crippen MR) is 172 cm³/mol. The topological polar surface area (TPSA) is 40.6 Å². The van der Waals surface area contributed by atoms with E-state index in [9.17, 15) is 9.59 Å². The van der Waals surface area contributed by atoms with Gasteiger partial charge in [-0.2, -0.15) is 0 Å². The van der Waals surface area contributed by atoms with Gasteiger partial charge >= 0.3 is 0 Å². The number of nitrogens with zero attached hydrogens (tertiary/aromatic N) is 2. The molecule has 2 aromatic carbocycles. The average molecular weight is 673 g/mol. The zero-order valence-electron chi connectivity index (χ0n) is 21.5. The number of benzene rings is 2. The summed E-state index contributed by atoms with van der Waals surface area (Å²) < 4.78 is 1.71. The normalized spacial score (nSPS) is 10.9. The molecule has 0 saturated carbocycles. The van der Waals surface area contributed by atoms with Crippen molar-refractivity contribution < 1.29 is 9.59 Å². The van der Waals surface area contributed by atoms with Gasteiger partial charge in [0.25, 0.3) is 0 Å². The van der Waals surface area contributed by atoms with Crippen LogP contribution in [0.1, 0.15) is 30.5 Å². The van der Waals surface area contributed by atoms with Gasteiger partial charge in [0.1, 0.15) is 0 Å². The molecule has 0 amide bonds. The van der Waals surface area contributed by atoms with Gasteiger partial charge in [0.15, 0.2) is 11.6 Å². The maximum Gasteiger partial charge on any atom is 0.196 e. The van der Waals surface area contributed by atoms with Gasteiger partial charge < -0.3 is 9.80 Å². The number of anilines is 2. The first kappa shape index (κ1) is 29.8. The smallest absolute Gasteiger partial charge is 0.196 e. The van der Waals surface area contributed by atoms with Crippen molar-refractivity contribution in [2.24, 2.45) is 0 Å². The average Bonchev–Trinajstić information content (AvgIpc) is 3.54. The Labute approximate surface area is 249 Å². The largest absolute Gasteiger partial charge is 0.378 e. The number of carbonyl (C=O) groups is 2. The molecule has 0 aliphatic heterocycles. The van der Waals surface area contributed by atoms with Crippen LogP contribution in [0.25, 0.3) is 12.2 Å². The summed E-state index contributed by atoms with van der Waals surface area (Å²) in [6.07, 6.45) is 6.91. The van der Waals surface area contributed by atoms with Crippen LogP contribution >= 0.6 is 54.5 Å². The van der Waals surface area contributed by atoms with Crippen molar-refractivity contribution in [3.8, 4) is 0 Å². The van der Waals surface area contributed by atoms with Gasteiger partial charge in [0.05, 0.1) is 9.75 Å². The van der Waals surface area contributed by atoms with Crippen molar-refractivity contribution in [1.82, 2.24) is 0 Å². The molecule has 0 bridgehead atoms. The molecule has 4 aromatic rings. The fourth-order valence-corrected chi connectivity index (χ4v) is 6.18. The minimum Gasteiger partial charge on any atom is -0.378 e. The van der Waals surface area contributed by atoms with Crippen LogP contribution in [0.15, 0.2) is 92.5 Å². The van der Waals surface area contributed by atoms with E-state index in [0.717, 1.165) is 41.2 Å². The van der Waals surface area contributed by atoms with Crippen LogP contribution in [-0.2, 0) is 0 Å². The molecule has 38 heavy (non-hydrogen) atoms. The van der Waals surface area contributed by atoms with Gasteiger partial charge in [-0.3, -0.25) is 9.59 Å². The molecule has 0 fully saturated rings. The molecule has 2 heterocycles. The van der Waals surface area contributed by atoms with Gasteiger partial charge in [0, 0.05) is 48.5 Å². The molecular weight excluding hydrogens is 644 g/mol. The monoisotopic (exact) mass is 670 g/mol. The number of hydrogen-bond donors (Lipinski definition) is 0. The van der Waals surface area contributed by atoms with E-state index < -0.39 is 0 Å². The summed E-state index contributed by atoms with van der Waals surface area (Å²) in [5.41, 5.74) is 4.33. The lowest BCUT2D eigenvalue weighted by Gasteiger charge is -2.11. The maximum atomic E-state index is 12.0. The van der Waals surface area contributed by atoms with Crippen molar-refractivity contribution in [1.29, 1.82) is 0 Å². The van der Waals surface area contributed by atoms with E-state index in [1.165, 1.54) is 22.7 Å². The molecule has 2 aromatic heterocycles. The fraction of sp³-hybridized carbons (Fsp3) is 0.133.